The van der Waals surface area contributed by atoms with Crippen molar-refractivity contribution in [1.82, 2.24) is 4.90 Å². The second kappa shape index (κ2) is 6.71. The number of nitrogens with zero attached hydrogens (tertiary/aromatic N) is 1. The van der Waals surface area contributed by atoms with Crippen LogP contribution in [0.25, 0.3) is 0 Å². The van der Waals surface area contributed by atoms with Crippen molar-refractivity contribution in [2.45, 2.75) is 19.4 Å². The van der Waals surface area contributed by atoms with Gasteiger partial charge in [-0.15, -0.1) is 0 Å². The fourth-order valence-corrected chi connectivity index (χ4v) is 2.79. The van der Waals surface area contributed by atoms with Gasteiger partial charge in [-0.3, -0.25) is 18.7 Å². The van der Waals surface area contributed by atoms with Gasteiger partial charge in [-0.25, -0.2) is 0 Å². The number of hydrogen-bond acceptors (Lipinski definition) is 5. The highest BCUT2D eigenvalue weighted by molar-refractivity contribution is 7.52. The lowest BCUT2D eigenvalue weighted by molar-refractivity contribution is -0.133. The summed E-state index contributed by atoms with van der Waals surface area (Å²) >= 11 is 0. The Hall–Kier alpha value is -0.600. The number of hydrogen-bond donors (Lipinski definition) is 5. The van der Waals surface area contributed by atoms with Crippen molar-refractivity contribution in [3.05, 3.63) is 0 Å². The SMILES string of the molecule is CC(=O)CC(N)C(=O)N(CP(=O)(O)O)CP(=O)(O)O. The molecule has 0 rings (SSSR count). The third kappa shape index (κ3) is 9.01. The summed E-state index contributed by atoms with van der Waals surface area (Å²) in [6.07, 6.45) is -2.75. The molecule has 0 aromatic rings. The molecule has 1 amide bonds. The van der Waals surface area contributed by atoms with E-state index < -0.39 is 51.9 Å². The average molecular weight is 318 g/mol. The average Bonchev–Trinajstić information content (AvgIpc) is 2.09. The Morgan fingerprint density at radius 1 is 1.11 bits per heavy atom. The Morgan fingerprint density at radius 2 is 1.47 bits per heavy atom. The van der Waals surface area contributed by atoms with E-state index in [0.29, 0.717) is 0 Å². The highest BCUT2D eigenvalue weighted by Crippen LogP contribution is 2.41. The summed E-state index contributed by atoms with van der Waals surface area (Å²) in [5, 5.41) is 0. The van der Waals surface area contributed by atoms with Crippen molar-refractivity contribution >= 4 is 26.9 Å². The van der Waals surface area contributed by atoms with E-state index in [-0.39, 0.29) is 4.90 Å². The third-order valence-corrected chi connectivity index (χ3v) is 3.27. The van der Waals surface area contributed by atoms with Gasteiger partial charge in [0.1, 0.15) is 18.4 Å². The van der Waals surface area contributed by atoms with Crippen LogP contribution in [0.4, 0.5) is 0 Å². The van der Waals surface area contributed by atoms with Gasteiger partial charge in [-0.2, -0.15) is 0 Å². The Morgan fingerprint density at radius 3 is 1.74 bits per heavy atom. The van der Waals surface area contributed by atoms with E-state index in [9.17, 15) is 18.7 Å². The first kappa shape index (κ1) is 18.4. The standard InChI is InChI=1S/C7H16N2O8P2/c1-5(10)2-6(8)7(11)9(3-18(12,13)14)4-19(15,16)17/h6H,2-4,8H2,1H3,(H2,12,13,14)(H2,15,16,17). The maximum absolute atomic E-state index is 11.7. The van der Waals surface area contributed by atoms with Crippen LogP contribution in [0.1, 0.15) is 13.3 Å². The quantitative estimate of drug-likeness (QED) is 0.345. The minimum atomic E-state index is -4.71. The zero-order chi connectivity index (χ0) is 15.4. The number of carbonyl (C=O) groups is 2. The number of Topliss-reactive ketones (excluding diaryl/α,β-unsaturated/α-hetero) is 1. The van der Waals surface area contributed by atoms with Crippen LogP contribution in [-0.4, -0.2) is 54.8 Å². The molecule has 0 radical (unpaired) electrons. The van der Waals surface area contributed by atoms with Crippen molar-refractivity contribution in [2.24, 2.45) is 5.73 Å². The van der Waals surface area contributed by atoms with Gasteiger partial charge in [-0.05, 0) is 6.92 Å². The normalized spacial score (nSPS) is 14.0. The van der Waals surface area contributed by atoms with E-state index in [1.54, 1.807) is 0 Å². The Balaban J connectivity index is 5.02. The molecule has 19 heavy (non-hydrogen) atoms. The molecule has 10 nitrogen and oxygen atoms in total. The van der Waals surface area contributed by atoms with E-state index in [4.69, 9.17) is 25.3 Å². The molecule has 112 valence electrons. The Bertz CT molecular complexity index is 416. The van der Waals surface area contributed by atoms with Gasteiger partial charge in [0, 0.05) is 6.42 Å². The predicted octanol–water partition coefficient (Wildman–Crippen LogP) is -1.61. The molecule has 0 saturated carbocycles. The molecule has 12 heteroatoms. The lowest BCUT2D eigenvalue weighted by Gasteiger charge is -2.25. The van der Waals surface area contributed by atoms with Crippen LogP contribution in [0, 0.1) is 0 Å². The Kier molecular flexibility index (Phi) is 6.50. The van der Waals surface area contributed by atoms with E-state index in [2.05, 4.69) is 0 Å². The van der Waals surface area contributed by atoms with Crippen molar-refractivity contribution in [3.8, 4) is 0 Å². The summed E-state index contributed by atoms with van der Waals surface area (Å²) in [7, 11) is -9.43. The number of nitrogens with two attached hydrogens (primary N) is 1. The lowest BCUT2D eigenvalue weighted by Crippen LogP contribution is -2.45. The van der Waals surface area contributed by atoms with Gasteiger partial charge in [0.25, 0.3) is 0 Å². The minimum Gasteiger partial charge on any atom is -0.323 e. The summed E-state index contributed by atoms with van der Waals surface area (Å²) in [6, 6.07) is -1.41. The van der Waals surface area contributed by atoms with E-state index in [0.717, 1.165) is 6.92 Å². The summed E-state index contributed by atoms with van der Waals surface area (Å²) in [6.45, 7) is 1.16. The second-order valence-electron chi connectivity index (χ2n) is 4.00. The molecular formula is C7H16N2O8P2. The van der Waals surface area contributed by atoms with Crippen LogP contribution >= 0.6 is 15.2 Å². The molecule has 0 aliphatic heterocycles. The lowest BCUT2D eigenvalue weighted by atomic mass is 10.1. The van der Waals surface area contributed by atoms with E-state index in [1.807, 2.05) is 0 Å². The molecule has 0 heterocycles. The first-order valence-corrected chi connectivity index (χ1v) is 8.54. The summed E-state index contributed by atoms with van der Waals surface area (Å²) in [5.41, 5.74) is 5.34. The Labute approximate surface area is 108 Å². The van der Waals surface area contributed by atoms with E-state index >= 15 is 0 Å². The predicted molar refractivity (Wildman–Crippen MR) is 63.9 cm³/mol. The van der Waals surface area contributed by atoms with Crippen LogP contribution < -0.4 is 5.73 Å². The van der Waals surface area contributed by atoms with Crippen LogP contribution in [0.5, 0.6) is 0 Å². The van der Waals surface area contributed by atoms with Crippen LogP contribution in [0.2, 0.25) is 0 Å². The first-order valence-electron chi connectivity index (χ1n) is 4.95. The van der Waals surface area contributed by atoms with Gasteiger partial charge in [-0.1, -0.05) is 0 Å². The monoisotopic (exact) mass is 318 g/mol. The van der Waals surface area contributed by atoms with Crippen molar-refractivity contribution < 1.29 is 38.3 Å². The van der Waals surface area contributed by atoms with Gasteiger partial charge in [0.15, 0.2) is 0 Å². The molecule has 1 unspecified atom stereocenters. The molecule has 1 atom stereocenters. The summed E-state index contributed by atoms with van der Waals surface area (Å²) in [5.74, 6) is -1.55. The summed E-state index contributed by atoms with van der Waals surface area (Å²) in [4.78, 5) is 57.8. The smallest absolute Gasteiger partial charge is 0.323 e. The van der Waals surface area contributed by atoms with Gasteiger partial charge < -0.3 is 30.2 Å². The minimum absolute atomic E-state index is 0.273. The molecule has 0 aromatic carbocycles. The fourth-order valence-electron chi connectivity index (χ4n) is 1.26. The zero-order valence-electron chi connectivity index (χ0n) is 10.0. The van der Waals surface area contributed by atoms with Crippen molar-refractivity contribution in [2.75, 3.05) is 12.6 Å². The second-order valence-corrected chi connectivity index (χ2v) is 7.23. The molecule has 0 bridgehead atoms. The molecule has 0 spiro atoms. The number of carbonyl (C=O) groups excluding carboxylic acids is 2. The number of amides is 1. The van der Waals surface area contributed by atoms with Crippen LogP contribution in [-0.2, 0) is 18.7 Å². The largest absolute Gasteiger partial charge is 0.344 e. The first-order chi connectivity index (χ1) is 8.32. The molecule has 0 fully saturated rings. The van der Waals surface area contributed by atoms with Crippen molar-refractivity contribution in [1.29, 1.82) is 0 Å². The fraction of sp³-hybridized carbons (Fsp3) is 0.714. The van der Waals surface area contributed by atoms with E-state index in [1.165, 1.54) is 0 Å². The topological polar surface area (TPSA) is 178 Å². The van der Waals surface area contributed by atoms with Gasteiger partial charge in [0.05, 0.1) is 6.04 Å². The van der Waals surface area contributed by atoms with Gasteiger partial charge in [0.2, 0.25) is 5.91 Å². The van der Waals surface area contributed by atoms with Crippen LogP contribution in [0.15, 0.2) is 0 Å². The molecule has 6 N–H and O–H groups in total. The third-order valence-electron chi connectivity index (χ3n) is 1.85. The molecule has 0 aliphatic rings. The molecule has 0 saturated heterocycles. The summed E-state index contributed by atoms with van der Waals surface area (Å²) < 4.78 is 21.6. The van der Waals surface area contributed by atoms with Crippen molar-refractivity contribution in [3.63, 3.8) is 0 Å². The maximum atomic E-state index is 11.7. The molecular weight excluding hydrogens is 302 g/mol. The van der Waals surface area contributed by atoms with Crippen LogP contribution in [0.3, 0.4) is 0 Å². The molecule has 0 aromatic heterocycles. The zero-order valence-corrected chi connectivity index (χ0v) is 11.8. The number of rotatable bonds is 7. The molecule has 0 aliphatic carbocycles. The highest BCUT2D eigenvalue weighted by Gasteiger charge is 2.32. The highest BCUT2D eigenvalue weighted by atomic mass is 31.2. The number of ketones is 1. The maximum Gasteiger partial charge on any atom is 0.344 e. The van der Waals surface area contributed by atoms with Gasteiger partial charge >= 0.3 is 15.2 Å².